The second kappa shape index (κ2) is 5.10. The Labute approximate surface area is 85.9 Å². The van der Waals surface area contributed by atoms with Crippen LogP contribution in [0.3, 0.4) is 0 Å². The van der Waals surface area contributed by atoms with Crippen molar-refractivity contribution in [2.24, 2.45) is 0 Å². The van der Waals surface area contributed by atoms with Gasteiger partial charge in [-0.25, -0.2) is 0 Å². The van der Waals surface area contributed by atoms with E-state index in [2.05, 4.69) is 33.5 Å². The van der Waals surface area contributed by atoms with E-state index in [0.717, 1.165) is 25.5 Å². The van der Waals surface area contributed by atoms with Crippen molar-refractivity contribution < 1.29 is 0 Å². The van der Waals surface area contributed by atoms with Gasteiger partial charge in [0.25, 0.3) is 0 Å². The summed E-state index contributed by atoms with van der Waals surface area (Å²) in [5.74, 6) is 1.09. The van der Waals surface area contributed by atoms with Gasteiger partial charge in [0.1, 0.15) is 12.2 Å². The zero-order valence-electron chi connectivity index (χ0n) is 9.56. The van der Waals surface area contributed by atoms with Crippen molar-refractivity contribution in [1.82, 2.24) is 19.7 Å². The molecule has 0 atom stereocenters. The van der Waals surface area contributed by atoms with Crippen LogP contribution in [-0.4, -0.2) is 32.3 Å². The van der Waals surface area contributed by atoms with Crippen LogP contribution in [0.2, 0.25) is 0 Å². The highest BCUT2D eigenvalue weighted by Crippen LogP contribution is 2.11. The van der Waals surface area contributed by atoms with Crippen LogP contribution in [0.25, 0.3) is 0 Å². The molecule has 4 nitrogen and oxygen atoms in total. The summed E-state index contributed by atoms with van der Waals surface area (Å²) in [6, 6.07) is 0.607. The van der Waals surface area contributed by atoms with E-state index in [0.29, 0.717) is 6.04 Å². The summed E-state index contributed by atoms with van der Waals surface area (Å²) in [5.41, 5.74) is 0. The van der Waals surface area contributed by atoms with E-state index in [9.17, 15) is 0 Å². The van der Waals surface area contributed by atoms with Gasteiger partial charge in [0.05, 0.1) is 6.54 Å². The largest absolute Gasteiger partial charge is 0.315 e. The molecule has 2 heterocycles. The normalized spacial score (nSPS) is 16.1. The van der Waals surface area contributed by atoms with E-state index in [1.165, 1.54) is 0 Å². The average Bonchev–Trinajstić information content (AvgIpc) is 2.67. The standard InChI is InChI=1S/C8H14N4.C2H6/c1-7(2)11-3-4-12-6-9-10-8(12)5-11;1-2/h6-7H,3-5H2,1-2H3;1-2H3. The van der Waals surface area contributed by atoms with Gasteiger partial charge in [0, 0.05) is 19.1 Å². The molecule has 1 aromatic rings. The Morgan fingerprint density at radius 2 is 2.00 bits per heavy atom. The fourth-order valence-corrected chi connectivity index (χ4v) is 1.53. The van der Waals surface area contributed by atoms with Crippen molar-refractivity contribution in [2.45, 2.75) is 46.8 Å². The van der Waals surface area contributed by atoms with E-state index < -0.39 is 0 Å². The molecule has 14 heavy (non-hydrogen) atoms. The van der Waals surface area contributed by atoms with E-state index in [4.69, 9.17) is 0 Å². The minimum atomic E-state index is 0.607. The van der Waals surface area contributed by atoms with E-state index in [1.807, 2.05) is 20.2 Å². The van der Waals surface area contributed by atoms with Crippen LogP contribution in [0.5, 0.6) is 0 Å². The number of hydrogen-bond acceptors (Lipinski definition) is 3. The monoisotopic (exact) mass is 196 g/mol. The van der Waals surface area contributed by atoms with Crippen LogP contribution in [0, 0.1) is 0 Å². The average molecular weight is 196 g/mol. The Balaban J connectivity index is 0.000000461. The molecular weight excluding hydrogens is 176 g/mol. The molecule has 0 aromatic carbocycles. The number of nitrogens with zero attached hydrogens (tertiary/aromatic N) is 4. The summed E-state index contributed by atoms with van der Waals surface area (Å²) in [4.78, 5) is 2.41. The molecule has 0 amide bonds. The van der Waals surface area contributed by atoms with Gasteiger partial charge in [0.15, 0.2) is 0 Å². The van der Waals surface area contributed by atoms with Gasteiger partial charge in [-0.3, -0.25) is 4.90 Å². The van der Waals surface area contributed by atoms with Crippen molar-refractivity contribution in [2.75, 3.05) is 6.54 Å². The maximum absolute atomic E-state index is 4.06. The summed E-state index contributed by atoms with van der Waals surface area (Å²) in [6.45, 7) is 11.5. The lowest BCUT2D eigenvalue weighted by Gasteiger charge is -2.29. The molecule has 0 saturated carbocycles. The molecular formula is C10H20N4. The molecule has 0 spiro atoms. The summed E-state index contributed by atoms with van der Waals surface area (Å²) in [5, 5.41) is 7.94. The molecule has 80 valence electrons. The maximum Gasteiger partial charge on any atom is 0.147 e. The SMILES string of the molecule is CC.CC(C)N1CCn2cnnc2C1. The second-order valence-corrected chi connectivity index (χ2v) is 3.50. The maximum atomic E-state index is 4.06. The minimum absolute atomic E-state index is 0.607. The zero-order valence-corrected chi connectivity index (χ0v) is 9.56. The molecule has 0 unspecified atom stereocenters. The minimum Gasteiger partial charge on any atom is -0.315 e. The lowest BCUT2D eigenvalue weighted by Crippen LogP contribution is -2.38. The number of aromatic nitrogens is 3. The molecule has 4 heteroatoms. The second-order valence-electron chi connectivity index (χ2n) is 3.50. The number of rotatable bonds is 1. The van der Waals surface area contributed by atoms with E-state index in [1.54, 1.807) is 0 Å². The molecule has 0 aliphatic carbocycles. The van der Waals surface area contributed by atoms with Gasteiger partial charge in [-0.15, -0.1) is 10.2 Å². The molecule has 1 aliphatic rings. The van der Waals surface area contributed by atoms with Crippen molar-refractivity contribution >= 4 is 0 Å². The molecule has 0 fully saturated rings. The zero-order chi connectivity index (χ0) is 10.6. The first-order valence-corrected chi connectivity index (χ1v) is 5.38. The van der Waals surface area contributed by atoms with Crippen LogP contribution in [0.15, 0.2) is 6.33 Å². The summed E-state index contributed by atoms with van der Waals surface area (Å²) in [6.07, 6.45) is 1.81. The lowest BCUT2D eigenvalue weighted by molar-refractivity contribution is 0.173. The Morgan fingerprint density at radius 1 is 1.29 bits per heavy atom. The Morgan fingerprint density at radius 3 is 2.64 bits per heavy atom. The fraction of sp³-hybridized carbons (Fsp3) is 0.800. The molecule has 0 bridgehead atoms. The van der Waals surface area contributed by atoms with Gasteiger partial charge in [-0.05, 0) is 13.8 Å². The van der Waals surface area contributed by atoms with Gasteiger partial charge in [-0.1, -0.05) is 13.8 Å². The van der Waals surface area contributed by atoms with Crippen LogP contribution >= 0.6 is 0 Å². The third-order valence-electron chi connectivity index (χ3n) is 2.40. The highest BCUT2D eigenvalue weighted by atomic mass is 15.3. The quantitative estimate of drug-likeness (QED) is 0.683. The predicted molar refractivity (Wildman–Crippen MR) is 56.9 cm³/mol. The van der Waals surface area contributed by atoms with Gasteiger partial charge in [0.2, 0.25) is 0 Å². The Kier molecular flexibility index (Phi) is 4.07. The van der Waals surface area contributed by atoms with Gasteiger partial charge >= 0.3 is 0 Å². The van der Waals surface area contributed by atoms with Crippen LogP contribution in [0.1, 0.15) is 33.5 Å². The first kappa shape index (κ1) is 11.2. The topological polar surface area (TPSA) is 34.0 Å². The smallest absolute Gasteiger partial charge is 0.147 e. The van der Waals surface area contributed by atoms with Crippen LogP contribution in [0.4, 0.5) is 0 Å². The third kappa shape index (κ3) is 2.32. The summed E-state index contributed by atoms with van der Waals surface area (Å²) >= 11 is 0. The van der Waals surface area contributed by atoms with Gasteiger partial charge < -0.3 is 4.57 Å². The molecule has 2 rings (SSSR count). The lowest BCUT2D eigenvalue weighted by atomic mass is 10.2. The highest BCUT2D eigenvalue weighted by Gasteiger charge is 2.18. The number of hydrogen-bond donors (Lipinski definition) is 0. The molecule has 0 saturated heterocycles. The number of fused-ring (bicyclic) bond motifs is 1. The predicted octanol–water partition coefficient (Wildman–Crippen LogP) is 1.53. The fourth-order valence-electron chi connectivity index (χ4n) is 1.53. The van der Waals surface area contributed by atoms with Crippen molar-refractivity contribution in [3.8, 4) is 0 Å². The Bertz CT molecular complexity index is 267. The van der Waals surface area contributed by atoms with Crippen LogP contribution in [-0.2, 0) is 13.1 Å². The molecule has 1 aliphatic heterocycles. The van der Waals surface area contributed by atoms with Gasteiger partial charge in [-0.2, -0.15) is 0 Å². The first-order chi connectivity index (χ1) is 6.77. The third-order valence-corrected chi connectivity index (χ3v) is 2.40. The van der Waals surface area contributed by atoms with Crippen molar-refractivity contribution in [3.05, 3.63) is 12.2 Å². The molecule has 1 aromatic heterocycles. The van der Waals surface area contributed by atoms with Crippen LogP contribution < -0.4 is 0 Å². The molecule has 0 radical (unpaired) electrons. The summed E-state index contributed by atoms with van der Waals surface area (Å²) < 4.78 is 2.12. The van der Waals surface area contributed by atoms with E-state index in [-0.39, 0.29) is 0 Å². The highest BCUT2D eigenvalue weighted by molar-refractivity contribution is 4.90. The molecule has 0 N–H and O–H groups in total. The van der Waals surface area contributed by atoms with Crippen molar-refractivity contribution in [1.29, 1.82) is 0 Å². The van der Waals surface area contributed by atoms with Crippen molar-refractivity contribution in [3.63, 3.8) is 0 Å². The summed E-state index contributed by atoms with van der Waals surface area (Å²) in [7, 11) is 0. The first-order valence-electron chi connectivity index (χ1n) is 5.38. The van der Waals surface area contributed by atoms with E-state index >= 15 is 0 Å². The Hall–Kier alpha value is -0.900.